The largest absolute Gasteiger partial charge is 0.435 e. The van der Waals surface area contributed by atoms with E-state index < -0.39 is 6.61 Å². The molecule has 0 saturated heterocycles. The predicted octanol–water partition coefficient (Wildman–Crippen LogP) is 3.86. The van der Waals surface area contributed by atoms with Gasteiger partial charge in [-0.15, -0.1) is 10.2 Å². The maximum Gasteiger partial charge on any atom is 0.387 e. The van der Waals surface area contributed by atoms with Gasteiger partial charge in [-0.1, -0.05) is 23.4 Å². The van der Waals surface area contributed by atoms with E-state index in [1.54, 1.807) is 35.9 Å². The van der Waals surface area contributed by atoms with Crippen molar-refractivity contribution < 1.29 is 18.3 Å². The SMILES string of the molecule is Cn1c(SCC(=O)Nc2ccc(Cl)cn2)nnc1-c1ccc(OC(F)F)cc1. The zero-order valence-corrected chi connectivity index (χ0v) is 16.0. The highest BCUT2D eigenvalue weighted by Crippen LogP contribution is 2.25. The molecule has 1 N–H and O–H groups in total. The Kier molecular flexibility index (Phi) is 6.42. The van der Waals surface area contributed by atoms with Crippen molar-refractivity contribution in [3.63, 3.8) is 0 Å². The van der Waals surface area contributed by atoms with Crippen molar-refractivity contribution in [2.45, 2.75) is 11.8 Å². The van der Waals surface area contributed by atoms with E-state index in [0.717, 1.165) is 0 Å². The lowest BCUT2D eigenvalue weighted by Gasteiger charge is -2.07. The quantitative estimate of drug-likeness (QED) is 0.579. The molecule has 2 aromatic heterocycles. The number of rotatable bonds is 7. The highest BCUT2D eigenvalue weighted by Gasteiger charge is 2.14. The Morgan fingerprint density at radius 1 is 1.25 bits per heavy atom. The molecule has 146 valence electrons. The third-order valence-corrected chi connectivity index (χ3v) is 4.74. The highest BCUT2D eigenvalue weighted by molar-refractivity contribution is 7.99. The van der Waals surface area contributed by atoms with Crippen LogP contribution in [0.1, 0.15) is 0 Å². The smallest absolute Gasteiger partial charge is 0.387 e. The van der Waals surface area contributed by atoms with Gasteiger partial charge >= 0.3 is 6.61 Å². The molecule has 0 aliphatic heterocycles. The maximum absolute atomic E-state index is 12.2. The summed E-state index contributed by atoms with van der Waals surface area (Å²) in [6.45, 7) is -2.88. The first-order valence-electron chi connectivity index (χ1n) is 7.91. The number of amides is 1. The van der Waals surface area contributed by atoms with Gasteiger partial charge in [-0.05, 0) is 36.4 Å². The molecule has 0 aliphatic rings. The Labute approximate surface area is 168 Å². The molecular formula is C17H14ClF2N5O2S. The molecule has 2 heterocycles. The summed E-state index contributed by atoms with van der Waals surface area (Å²) in [5, 5.41) is 11.8. The van der Waals surface area contributed by atoms with Gasteiger partial charge in [-0.3, -0.25) is 4.79 Å². The van der Waals surface area contributed by atoms with Crippen LogP contribution in [0.4, 0.5) is 14.6 Å². The van der Waals surface area contributed by atoms with E-state index in [4.69, 9.17) is 11.6 Å². The maximum atomic E-state index is 12.2. The molecule has 0 radical (unpaired) electrons. The molecule has 7 nitrogen and oxygen atoms in total. The fourth-order valence-corrected chi connectivity index (χ4v) is 3.06. The van der Waals surface area contributed by atoms with Crippen molar-refractivity contribution in [3.05, 3.63) is 47.6 Å². The van der Waals surface area contributed by atoms with E-state index in [9.17, 15) is 13.6 Å². The molecule has 3 rings (SSSR count). The number of hydrogen-bond acceptors (Lipinski definition) is 6. The molecule has 0 bridgehead atoms. The minimum Gasteiger partial charge on any atom is -0.435 e. The number of carbonyl (C=O) groups is 1. The number of carbonyl (C=O) groups excluding carboxylic acids is 1. The van der Waals surface area contributed by atoms with Crippen LogP contribution in [0.3, 0.4) is 0 Å². The lowest BCUT2D eigenvalue weighted by Crippen LogP contribution is -2.15. The summed E-state index contributed by atoms with van der Waals surface area (Å²) in [5.74, 6) is 0.851. The van der Waals surface area contributed by atoms with E-state index in [1.807, 2.05) is 0 Å². The zero-order valence-electron chi connectivity index (χ0n) is 14.5. The molecule has 11 heteroatoms. The monoisotopic (exact) mass is 425 g/mol. The molecule has 0 fully saturated rings. The van der Waals surface area contributed by atoms with Crippen LogP contribution in [0.2, 0.25) is 5.02 Å². The molecule has 0 atom stereocenters. The van der Waals surface area contributed by atoms with Crippen LogP contribution in [-0.2, 0) is 11.8 Å². The summed E-state index contributed by atoms with van der Waals surface area (Å²) >= 11 is 6.96. The van der Waals surface area contributed by atoms with Gasteiger partial charge in [-0.25, -0.2) is 4.98 Å². The van der Waals surface area contributed by atoms with Gasteiger partial charge in [0, 0.05) is 18.8 Å². The van der Waals surface area contributed by atoms with Crippen LogP contribution in [0.15, 0.2) is 47.8 Å². The van der Waals surface area contributed by atoms with Gasteiger partial charge < -0.3 is 14.6 Å². The van der Waals surface area contributed by atoms with Gasteiger partial charge in [0.25, 0.3) is 0 Å². The zero-order chi connectivity index (χ0) is 20.1. The molecule has 1 aromatic carbocycles. The Morgan fingerprint density at radius 2 is 2.00 bits per heavy atom. The second-order valence-corrected chi connectivity index (χ2v) is 6.85. The van der Waals surface area contributed by atoms with Crippen molar-refractivity contribution in [1.82, 2.24) is 19.7 Å². The summed E-state index contributed by atoms with van der Waals surface area (Å²) in [7, 11) is 1.75. The number of alkyl halides is 2. The molecule has 0 unspecified atom stereocenters. The normalized spacial score (nSPS) is 10.9. The molecule has 28 heavy (non-hydrogen) atoms. The van der Waals surface area contributed by atoms with Gasteiger partial charge in [-0.2, -0.15) is 8.78 Å². The van der Waals surface area contributed by atoms with Crippen LogP contribution >= 0.6 is 23.4 Å². The highest BCUT2D eigenvalue weighted by atomic mass is 35.5. The predicted molar refractivity (Wildman–Crippen MR) is 102 cm³/mol. The topological polar surface area (TPSA) is 81.9 Å². The Morgan fingerprint density at radius 3 is 2.64 bits per heavy atom. The second kappa shape index (κ2) is 8.98. The fourth-order valence-electron chi connectivity index (χ4n) is 2.24. The molecule has 0 aliphatic carbocycles. The number of pyridine rings is 1. The number of aromatic nitrogens is 4. The number of thioether (sulfide) groups is 1. The third-order valence-electron chi connectivity index (χ3n) is 3.50. The van der Waals surface area contributed by atoms with Gasteiger partial charge in [0.2, 0.25) is 5.91 Å². The van der Waals surface area contributed by atoms with Gasteiger partial charge in [0.15, 0.2) is 11.0 Å². The van der Waals surface area contributed by atoms with Crippen molar-refractivity contribution in [3.8, 4) is 17.1 Å². The number of nitrogens with one attached hydrogen (secondary N) is 1. The molecular weight excluding hydrogens is 412 g/mol. The van der Waals surface area contributed by atoms with Crippen molar-refractivity contribution in [2.24, 2.45) is 7.05 Å². The lowest BCUT2D eigenvalue weighted by atomic mass is 10.2. The number of halogens is 3. The van der Waals surface area contributed by atoms with Crippen LogP contribution in [-0.4, -0.2) is 38.0 Å². The van der Waals surface area contributed by atoms with Crippen LogP contribution < -0.4 is 10.1 Å². The molecule has 0 spiro atoms. The average molecular weight is 426 g/mol. The van der Waals surface area contributed by atoms with E-state index in [0.29, 0.717) is 27.4 Å². The molecule has 1 amide bonds. The van der Waals surface area contributed by atoms with E-state index in [-0.39, 0.29) is 17.4 Å². The minimum atomic E-state index is -2.88. The van der Waals surface area contributed by atoms with Crippen molar-refractivity contribution in [2.75, 3.05) is 11.1 Å². The standard InChI is InChI=1S/C17H14ClF2N5O2S/c1-25-15(10-2-5-12(6-3-10)27-16(19)20)23-24-17(25)28-9-14(26)22-13-7-4-11(18)8-21-13/h2-8,16H,9H2,1H3,(H,21,22,26). The lowest BCUT2D eigenvalue weighted by molar-refractivity contribution is -0.113. The fraction of sp³-hybridized carbons (Fsp3) is 0.176. The number of hydrogen-bond donors (Lipinski definition) is 1. The van der Waals surface area contributed by atoms with Gasteiger partial charge in [0.05, 0.1) is 10.8 Å². The van der Waals surface area contributed by atoms with Crippen LogP contribution in [0.5, 0.6) is 5.75 Å². The Balaban J connectivity index is 1.61. The van der Waals surface area contributed by atoms with E-state index >= 15 is 0 Å². The Bertz CT molecular complexity index is 951. The average Bonchev–Trinajstić information content (AvgIpc) is 3.03. The number of benzene rings is 1. The number of ether oxygens (including phenoxy) is 1. The van der Waals surface area contributed by atoms with Crippen molar-refractivity contribution >= 4 is 35.1 Å². The first kappa shape index (κ1) is 20.0. The summed E-state index contributed by atoms with van der Waals surface area (Å²) < 4.78 is 30.5. The Hall–Kier alpha value is -2.72. The van der Waals surface area contributed by atoms with E-state index in [2.05, 4.69) is 25.2 Å². The summed E-state index contributed by atoms with van der Waals surface area (Å²) in [6, 6.07) is 9.30. The first-order valence-corrected chi connectivity index (χ1v) is 9.27. The van der Waals surface area contributed by atoms with E-state index in [1.165, 1.54) is 30.1 Å². The molecule has 0 saturated carbocycles. The molecule has 3 aromatic rings. The van der Waals surface area contributed by atoms with Crippen LogP contribution in [0.25, 0.3) is 11.4 Å². The van der Waals surface area contributed by atoms with Crippen molar-refractivity contribution in [1.29, 1.82) is 0 Å². The van der Waals surface area contributed by atoms with Gasteiger partial charge in [0.1, 0.15) is 11.6 Å². The number of nitrogens with zero attached hydrogens (tertiary/aromatic N) is 4. The summed E-state index contributed by atoms with van der Waals surface area (Å²) in [5.41, 5.74) is 0.679. The summed E-state index contributed by atoms with van der Waals surface area (Å²) in [4.78, 5) is 16.0. The number of anilines is 1. The second-order valence-electron chi connectivity index (χ2n) is 5.47. The minimum absolute atomic E-state index is 0.0583. The first-order chi connectivity index (χ1) is 13.4. The van der Waals surface area contributed by atoms with Crippen LogP contribution in [0, 0.1) is 0 Å². The third kappa shape index (κ3) is 5.17. The summed E-state index contributed by atoms with van der Waals surface area (Å²) in [6.07, 6.45) is 1.44.